The molecule has 0 aromatic heterocycles. The van der Waals surface area contributed by atoms with E-state index in [1.165, 1.54) is 24.0 Å². The van der Waals surface area contributed by atoms with E-state index in [0.717, 1.165) is 5.56 Å². The van der Waals surface area contributed by atoms with Crippen molar-refractivity contribution in [3.05, 3.63) is 75.8 Å². The molecule has 0 bridgehead atoms. The lowest BCUT2D eigenvalue weighted by Crippen LogP contribution is -2.06. The minimum absolute atomic E-state index is 0.0167. The standard InChI is InChI=1S/C15H14N4O2S/c16-15(22-11-12-6-2-1-3-7-12)18-17-10-13-8-4-5-9-14(13)19(20)21/h1-10H,11H2,(H2,16,18). The fourth-order valence-corrected chi connectivity index (χ4v) is 2.28. The van der Waals surface area contributed by atoms with Crippen LogP contribution in [0.15, 0.2) is 64.8 Å². The Morgan fingerprint density at radius 2 is 1.86 bits per heavy atom. The van der Waals surface area contributed by atoms with Crippen LogP contribution in [-0.2, 0) is 5.75 Å². The first-order valence-corrected chi connectivity index (χ1v) is 7.42. The molecule has 0 aliphatic carbocycles. The molecule has 0 aliphatic heterocycles. The molecule has 112 valence electrons. The normalized spacial score (nSPS) is 11.7. The molecule has 6 nitrogen and oxygen atoms in total. The summed E-state index contributed by atoms with van der Waals surface area (Å²) in [5, 5.41) is 18.8. The number of nitrogens with zero attached hydrogens (tertiary/aromatic N) is 3. The Morgan fingerprint density at radius 1 is 1.18 bits per heavy atom. The van der Waals surface area contributed by atoms with Gasteiger partial charge in [-0.05, 0) is 11.6 Å². The molecule has 0 saturated heterocycles. The van der Waals surface area contributed by atoms with Gasteiger partial charge in [-0.1, -0.05) is 54.2 Å². The third-order valence-electron chi connectivity index (χ3n) is 2.72. The zero-order chi connectivity index (χ0) is 15.8. The van der Waals surface area contributed by atoms with Gasteiger partial charge < -0.3 is 5.73 Å². The second kappa shape index (κ2) is 7.94. The van der Waals surface area contributed by atoms with Crippen LogP contribution >= 0.6 is 11.8 Å². The molecule has 0 atom stereocenters. The van der Waals surface area contributed by atoms with E-state index in [1.54, 1.807) is 18.2 Å². The molecule has 7 heteroatoms. The summed E-state index contributed by atoms with van der Waals surface area (Å²) in [4.78, 5) is 10.4. The number of hydrogen-bond donors (Lipinski definition) is 1. The third-order valence-corrected chi connectivity index (χ3v) is 3.57. The van der Waals surface area contributed by atoms with Gasteiger partial charge in [0.1, 0.15) is 0 Å². The summed E-state index contributed by atoms with van der Waals surface area (Å²) in [6, 6.07) is 16.2. The highest BCUT2D eigenvalue weighted by Gasteiger charge is 2.09. The van der Waals surface area contributed by atoms with Crippen molar-refractivity contribution in [1.82, 2.24) is 0 Å². The number of rotatable bonds is 5. The minimum Gasteiger partial charge on any atom is -0.377 e. The maximum absolute atomic E-state index is 10.9. The van der Waals surface area contributed by atoms with E-state index < -0.39 is 4.92 Å². The highest BCUT2D eigenvalue weighted by Crippen LogP contribution is 2.15. The molecule has 2 N–H and O–H groups in total. The maximum Gasteiger partial charge on any atom is 0.278 e. The Kier molecular flexibility index (Phi) is 5.67. The van der Waals surface area contributed by atoms with Gasteiger partial charge in [0.15, 0.2) is 5.17 Å². The highest BCUT2D eigenvalue weighted by molar-refractivity contribution is 8.13. The second-order valence-corrected chi connectivity index (χ2v) is 5.27. The predicted molar refractivity (Wildman–Crippen MR) is 90.0 cm³/mol. The SMILES string of the molecule is NC(=NN=Cc1ccccc1[N+](=O)[O-])SCc1ccccc1. The van der Waals surface area contributed by atoms with Gasteiger partial charge in [-0.15, -0.1) is 5.10 Å². The van der Waals surface area contributed by atoms with Crippen LogP contribution in [0.4, 0.5) is 5.69 Å². The van der Waals surface area contributed by atoms with Gasteiger partial charge in [0.25, 0.3) is 5.69 Å². The van der Waals surface area contributed by atoms with Crippen molar-refractivity contribution >= 4 is 28.8 Å². The maximum atomic E-state index is 10.9. The molecule has 0 fully saturated rings. The molecule has 0 saturated carbocycles. The largest absolute Gasteiger partial charge is 0.377 e. The first-order chi connectivity index (χ1) is 10.7. The first kappa shape index (κ1) is 15.7. The number of nitrogens with two attached hydrogens (primary N) is 1. The lowest BCUT2D eigenvalue weighted by molar-refractivity contribution is -0.385. The number of amidine groups is 1. The molecule has 2 rings (SSSR count). The summed E-state index contributed by atoms with van der Waals surface area (Å²) in [6.45, 7) is 0. The van der Waals surface area contributed by atoms with Gasteiger partial charge in [-0.3, -0.25) is 10.1 Å². The van der Waals surface area contributed by atoms with E-state index in [1.807, 2.05) is 30.3 Å². The summed E-state index contributed by atoms with van der Waals surface area (Å²) in [7, 11) is 0. The van der Waals surface area contributed by atoms with E-state index in [4.69, 9.17) is 5.73 Å². The van der Waals surface area contributed by atoms with E-state index >= 15 is 0 Å². The molecule has 0 unspecified atom stereocenters. The van der Waals surface area contributed by atoms with Crippen molar-refractivity contribution in [2.45, 2.75) is 5.75 Å². The molecule has 0 aliphatic rings. The van der Waals surface area contributed by atoms with Gasteiger partial charge in [0.2, 0.25) is 0 Å². The van der Waals surface area contributed by atoms with Crippen molar-refractivity contribution in [2.75, 3.05) is 0 Å². The second-order valence-electron chi connectivity index (χ2n) is 4.27. The molecular weight excluding hydrogens is 300 g/mol. The van der Waals surface area contributed by atoms with Gasteiger partial charge in [0.05, 0.1) is 16.7 Å². The Labute approximate surface area is 131 Å². The number of nitro benzene ring substituents is 1. The predicted octanol–water partition coefficient (Wildman–Crippen LogP) is 3.18. The highest BCUT2D eigenvalue weighted by atomic mass is 32.2. The van der Waals surface area contributed by atoms with Crippen molar-refractivity contribution in [3.63, 3.8) is 0 Å². The van der Waals surface area contributed by atoms with Crippen LogP contribution in [0.3, 0.4) is 0 Å². The van der Waals surface area contributed by atoms with Crippen molar-refractivity contribution in [2.24, 2.45) is 15.9 Å². The summed E-state index contributed by atoms with van der Waals surface area (Å²) >= 11 is 1.36. The third kappa shape index (κ3) is 4.71. The van der Waals surface area contributed by atoms with Crippen LogP contribution in [0, 0.1) is 10.1 Å². The van der Waals surface area contributed by atoms with Crippen molar-refractivity contribution < 1.29 is 4.92 Å². The Bertz CT molecular complexity index is 702. The molecule has 0 spiro atoms. The topological polar surface area (TPSA) is 93.9 Å². The van der Waals surface area contributed by atoms with Crippen LogP contribution < -0.4 is 5.73 Å². The fraction of sp³-hybridized carbons (Fsp3) is 0.0667. The Morgan fingerprint density at radius 3 is 2.59 bits per heavy atom. The smallest absolute Gasteiger partial charge is 0.278 e. The lowest BCUT2D eigenvalue weighted by Gasteiger charge is -1.99. The van der Waals surface area contributed by atoms with Crippen LogP contribution in [-0.4, -0.2) is 16.3 Å². The average molecular weight is 314 g/mol. The fourth-order valence-electron chi connectivity index (χ4n) is 1.67. The number of thioether (sulfide) groups is 1. The number of hydrogen-bond acceptors (Lipinski definition) is 5. The number of benzene rings is 2. The molecule has 0 radical (unpaired) electrons. The molecule has 2 aromatic rings. The minimum atomic E-state index is -0.460. The molecule has 0 amide bonds. The lowest BCUT2D eigenvalue weighted by atomic mass is 10.2. The van der Waals surface area contributed by atoms with E-state index in [-0.39, 0.29) is 5.69 Å². The quantitative estimate of drug-likeness (QED) is 0.397. The van der Waals surface area contributed by atoms with Gasteiger partial charge in [-0.2, -0.15) is 5.10 Å². The van der Waals surface area contributed by atoms with Gasteiger partial charge in [0, 0.05) is 11.8 Å². The van der Waals surface area contributed by atoms with Crippen molar-refractivity contribution in [3.8, 4) is 0 Å². The average Bonchev–Trinajstić information content (AvgIpc) is 2.54. The summed E-state index contributed by atoms with van der Waals surface area (Å²) in [5.41, 5.74) is 7.25. The monoisotopic (exact) mass is 314 g/mol. The Balaban J connectivity index is 1.97. The zero-order valence-corrected chi connectivity index (χ0v) is 12.4. The summed E-state index contributed by atoms with van der Waals surface area (Å²) in [6.07, 6.45) is 1.33. The van der Waals surface area contributed by atoms with E-state index in [0.29, 0.717) is 16.5 Å². The zero-order valence-electron chi connectivity index (χ0n) is 11.6. The number of nitro groups is 1. The van der Waals surface area contributed by atoms with Gasteiger partial charge >= 0.3 is 0 Å². The Hall–Kier alpha value is -2.67. The van der Waals surface area contributed by atoms with Crippen LogP contribution in [0.5, 0.6) is 0 Å². The van der Waals surface area contributed by atoms with Crippen LogP contribution in [0.25, 0.3) is 0 Å². The molecule has 22 heavy (non-hydrogen) atoms. The molecular formula is C15H14N4O2S. The first-order valence-electron chi connectivity index (χ1n) is 6.43. The van der Waals surface area contributed by atoms with E-state index in [9.17, 15) is 10.1 Å². The van der Waals surface area contributed by atoms with Gasteiger partial charge in [-0.25, -0.2) is 0 Å². The summed E-state index contributed by atoms with van der Waals surface area (Å²) in [5.74, 6) is 0.692. The molecule has 2 aromatic carbocycles. The van der Waals surface area contributed by atoms with Crippen molar-refractivity contribution in [1.29, 1.82) is 0 Å². The van der Waals surface area contributed by atoms with Crippen LogP contribution in [0.2, 0.25) is 0 Å². The van der Waals surface area contributed by atoms with Crippen LogP contribution in [0.1, 0.15) is 11.1 Å². The molecule has 0 heterocycles. The summed E-state index contributed by atoms with van der Waals surface area (Å²) < 4.78 is 0. The number of para-hydroxylation sites is 1. The van der Waals surface area contributed by atoms with E-state index in [2.05, 4.69) is 10.2 Å².